The van der Waals surface area contributed by atoms with Crippen LogP contribution in [0.5, 0.6) is 0 Å². The van der Waals surface area contributed by atoms with Gasteiger partial charge in [0.25, 0.3) is 0 Å². The second kappa shape index (κ2) is 4.01. The van der Waals surface area contributed by atoms with Crippen molar-refractivity contribution in [1.29, 1.82) is 0 Å². The Bertz CT molecular complexity index is 323. The lowest BCUT2D eigenvalue weighted by atomic mass is 9.80. The van der Waals surface area contributed by atoms with E-state index < -0.39 is 0 Å². The molecule has 84 valence electrons. The smallest absolute Gasteiger partial charge is 0.121 e. The van der Waals surface area contributed by atoms with Crippen molar-refractivity contribution in [3.05, 3.63) is 23.7 Å². The number of rotatable bonds is 3. The Morgan fingerprint density at radius 3 is 2.60 bits per heavy atom. The van der Waals surface area contributed by atoms with E-state index in [0.29, 0.717) is 0 Å². The molecule has 1 aliphatic carbocycles. The van der Waals surface area contributed by atoms with Gasteiger partial charge in [0, 0.05) is 6.42 Å². The largest absolute Gasteiger partial charge is 0.464 e. The number of nitrogens with two attached hydrogens (primary N) is 1. The topological polar surface area (TPSA) is 39.2 Å². The minimum absolute atomic E-state index is 0.0697. The Labute approximate surface area is 91.8 Å². The minimum Gasteiger partial charge on any atom is -0.464 e. The summed E-state index contributed by atoms with van der Waals surface area (Å²) in [4.78, 5) is 0. The summed E-state index contributed by atoms with van der Waals surface area (Å²) in [5.74, 6) is 2.01. The van der Waals surface area contributed by atoms with E-state index in [0.717, 1.165) is 17.9 Å². The van der Waals surface area contributed by atoms with Crippen LogP contribution in [0.1, 0.15) is 57.1 Å². The fraction of sp³-hybridized carbons (Fsp3) is 0.692. The second-order valence-electron chi connectivity index (χ2n) is 5.00. The molecule has 0 saturated heterocycles. The van der Waals surface area contributed by atoms with E-state index in [2.05, 4.69) is 13.8 Å². The molecule has 2 N–H and O–H groups in total. The van der Waals surface area contributed by atoms with Gasteiger partial charge < -0.3 is 10.2 Å². The van der Waals surface area contributed by atoms with Gasteiger partial charge >= 0.3 is 0 Å². The molecule has 1 fully saturated rings. The molecule has 1 aromatic rings. The van der Waals surface area contributed by atoms with Crippen molar-refractivity contribution >= 4 is 0 Å². The summed E-state index contributed by atoms with van der Waals surface area (Å²) in [5.41, 5.74) is 6.56. The molecule has 1 atom stereocenters. The molecule has 0 aromatic carbocycles. The summed E-state index contributed by atoms with van der Waals surface area (Å²) in [7, 11) is 0. The van der Waals surface area contributed by atoms with E-state index in [9.17, 15) is 0 Å². The first-order valence-corrected chi connectivity index (χ1v) is 6.00. The molecular weight excluding hydrogens is 186 g/mol. The van der Waals surface area contributed by atoms with Gasteiger partial charge in [0.15, 0.2) is 0 Å². The highest BCUT2D eigenvalue weighted by atomic mass is 16.3. The zero-order valence-corrected chi connectivity index (χ0v) is 9.75. The highest BCUT2D eigenvalue weighted by molar-refractivity contribution is 5.13. The highest BCUT2D eigenvalue weighted by Gasteiger charge is 2.37. The van der Waals surface area contributed by atoms with Gasteiger partial charge in [-0.05, 0) is 30.4 Å². The fourth-order valence-electron chi connectivity index (χ4n) is 2.59. The van der Waals surface area contributed by atoms with E-state index in [-0.39, 0.29) is 11.5 Å². The van der Waals surface area contributed by atoms with Crippen LogP contribution >= 0.6 is 0 Å². The maximum Gasteiger partial charge on any atom is 0.121 e. The Kier molecular flexibility index (Phi) is 2.87. The number of hydrogen-bond donors (Lipinski definition) is 1. The van der Waals surface area contributed by atoms with Gasteiger partial charge in [0.1, 0.15) is 11.5 Å². The first-order chi connectivity index (χ1) is 7.15. The van der Waals surface area contributed by atoms with Crippen LogP contribution in [0.3, 0.4) is 0 Å². The summed E-state index contributed by atoms with van der Waals surface area (Å²) in [6.45, 7) is 4.39. The monoisotopic (exact) mass is 207 g/mol. The fourth-order valence-corrected chi connectivity index (χ4v) is 2.59. The average Bonchev–Trinajstić information content (AvgIpc) is 2.85. The Morgan fingerprint density at radius 2 is 2.07 bits per heavy atom. The Morgan fingerprint density at radius 1 is 1.40 bits per heavy atom. The first kappa shape index (κ1) is 10.7. The maximum atomic E-state index is 6.31. The number of furan rings is 1. The molecule has 1 aliphatic rings. The SMILES string of the molecule is CCc1ccc(C(N)C2(C)CCCC2)o1. The van der Waals surface area contributed by atoms with Gasteiger partial charge in [-0.15, -0.1) is 0 Å². The zero-order chi connectivity index (χ0) is 10.9. The van der Waals surface area contributed by atoms with Gasteiger partial charge in [0.05, 0.1) is 6.04 Å². The molecule has 1 saturated carbocycles. The molecule has 1 heterocycles. The molecule has 2 heteroatoms. The third-order valence-electron chi connectivity index (χ3n) is 3.83. The zero-order valence-electron chi connectivity index (χ0n) is 9.75. The van der Waals surface area contributed by atoms with Crippen LogP contribution in [0.2, 0.25) is 0 Å². The predicted molar refractivity (Wildman–Crippen MR) is 61.6 cm³/mol. The molecule has 0 amide bonds. The summed E-state index contributed by atoms with van der Waals surface area (Å²) >= 11 is 0. The summed E-state index contributed by atoms with van der Waals surface area (Å²) in [6.07, 6.45) is 6.03. The summed E-state index contributed by atoms with van der Waals surface area (Å²) in [5, 5.41) is 0. The lowest BCUT2D eigenvalue weighted by Crippen LogP contribution is -2.28. The lowest BCUT2D eigenvalue weighted by molar-refractivity contribution is 0.233. The Hall–Kier alpha value is -0.760. The van der Waals surface area contributed by atoms with Crippen LogP contribution in [0, 0.1) is 5.41 Å². The third kappa shape index (κ3) is 1.96. The van der Waals surface area contributed by atoms with Gasteiger partial charge in [0.2, 0.25) is 0 Å². The van der Waals surface area contributed by atoms with Crippen LogP contribution < -0.4 is 5.73 Å². The normalized spacial score (nSPS) is 21.8. The van der Waals surface area contributed by atoms with Crippen molar-refractivity contribution in [2.24, 2.45) is 11.1 Å². The number of hydrogen-bond acceptors (Lipinski definition) is 2. The van der Waals surface area contributed by atoms with Crippen LogP contribution in [-0.2, 0) is 6.42 Å². The van der Waals surface area contributed by atoms with Gasteiger partial charge in [-0.1, -0.05) is 26.7 Å². The molecule has 2 nitrogen and oxygen atoms in total. The molecule has 0 spiro atoms. The minimum atomic E-state index is 0.0697. The maximum absolute atomic E-state index is 6.31. The molecule has 0 radical (unpaired) electrons. The lowest BCUT2D eigenvalue weighted by Gasteiger charge is -2.29. The third-order valence-corrected chi connectivity index (χ3v) is 3.83. The molecule has 1 unspecified atom stereocenters. The first-order valence-electron chi connectivity index (χ1n) is 6.00. The summed E-state index contributed by atoms with van der Waals surface area (Å²) in [6, 6.07) is 4.17. The van der Waals surface area contributed by atoms with Crippen molar-refractivity contribution in [3.8, 4) is 0 Å². The second-order valence-corrected chi connectivity index (χ2v) is 5.00. The molecular formula is C13H21NO. The molecule has 1 aromatic heterocycles. The van der Waals surface area contributed by atoms with Gasteiger partial charge in [-0.2, -0.15) is 0 Å². The highest BCUT2D eigenvalue weighted by Crippen LogP contribution is 2.46. The standard InChI is InChI=1S/C13H21NO/c1-3-10-6-7-11(15-10)12(14)13(2)8-4-5-9-13/h6-7,12H,3-5,8-9,14H2,1-2H3. The van der Waals surface area contributed by atoms with Gasteiger partial charge in [-0.25, -0.2) is 0 Å². The average molecular weight is 207 g/mol. The van der Waals surface area contributed by atoms with Crippen LogP contribution in [0.25, 0.3) is 0 Å². The van der Waals surface area contributed by atoms with E-state index in [1.54, 1.807) is 0 Å². The van der Waals surface area contributed by atoms with Crippen LogP contribution in [0.15, 0.2) is 16.5 Å². The van der Waals surface area contributed by atoms with Crippen molar-refractivity contribution in [2.45, 2.75) is 52.0 Å². The Balaban J connectivity index is 2.15. The molecule has 2 rings (SSSR count). The van der Waals surface area contributed by atoms with E-state index in [1.165, 1.54) is 25.7 Å². The van der Waals surface area contributed by atoms with E-state index in [4.69, 9.17) is 10.2 Å². The van der Waals surface area contributed by atoms with Crippen LogP contribution in [-0.4, -0.2) is 0 Å². The van der Waals surface area contributed by atoms with E-state index in [1.807, 2.05) is 12.1 Å². The van der Waals surface area contributed by atoms with E-state index >= 15 is 0 Å². The number of aryl methyl sites for hydroxylation is 1. The van der Waals surface area contributed by atoms with Crippen LogP contribution in [0.4, 0.5) is 0 Å². The molecule has 15 heavy (non-hydrogen) atoms. The predicted octanol–water partition coefficient (Wildman–Crippen LogP) is 3.42. The van der Waals surface area contributed by atoms with Crippen molar-refractivity contribution in [3.63, 3.8) is 0 Å². The molecule has 0 aliphatic heterocycles. The quantitative estimate of drug-likeness (QED) is 0.824. The van der Waals surface area contributed by atoms with Crippen molar-refractivity contribution in [2.75, 3.05) is 0 Å². The van der Waals surface area contributed by atoms with Crippen molar-refractivity contribution in [1.82, 2.24) is 0 Å². The summed E-state index contributed by atoms with van der Waals surface area (Å²) < 4.78 is 5.75. The van der Waals surface area contributed by atoms with Gasteiger partial charge in [-0.3, -0.25) is 0 Å². The molecule has 0 bridgehead atoms. The van der Waals surface area contributed by atoms with Crippen molar-refractivity contribution < 1.29 is 4.42 Å².